The zero-order valence-electron chi connectivity index (χ0n) is 37.8. The Bertz CT molecular complexity index is 931. The summed E-state index contributed by atoms with van der Waals surface area (Å²) in [6.45, 7) is 4.81. The van der Waals surface area contributed by atoms with Crippen LogP contribution < -0.4 is 5.32 Å². The van der Waals surface area contributed by atoms with Crippen molar-refractivity contribution in [3.63, 3.8) is 0 Å². The molecule has 0 bridgehead atoms. The molecule has 0 aliphatic rings. The van der Waals surface area contributed by atoms with Gasteiger partial charge in [-0.1, -0.05) is 211 Å². The second-order valence-corrected chi connectivity index (χ2v) is 16.8. The van der Waals surface area contributed by atoms with E-state index in [2.05, 4.69) is 43.5 Å². The van der Waals surface area contributed by atoms with Crippen molar-refractivity contribution in [3.05, 3.63) is 36.5 Å². The van der Waals surface area contributed by atoms with Crippen molar-refractivity contribution < 1.29 is 24.5 Å². The van der Waals surface area contributed by atoms with Gasteiger partial charge in [-0.15, -0.1) is 0 Å². The number of nitrogens with one attached hydrogen (secondary N) is 1. The molecule has 0 aliphatic carbocycles. The number of amides is 1. The largest absolute Gasteiger partial charge is 0.466 e. The first-order chi connectivity index (χ1) is 28.0. The summed E-state index contributed by atoms with van der Waals surface area (Å²) in [6.07, 6.45) is 55.6. The molecule has 1 amide bonds. The van der Waals surface area contributed by atoms with E-state index >= 15 is 0 Å². The van der Waals surface area contributed by atoms with Crippen molar-refractivity contribution in [2.24, 2.45) is 0 Å². The van der Waals surface area contributed by atoms with Gasteiger partial charge in [-0.3, -0.25) is 9.59 Å². The van der Waals surface area contributed by atoms with E-state index in [0.717, 1.165) is 70.6 Å². The van der Waals surface area contributed by atoms with Crippen LogP contribution in [0.5, 0.6) is 0 Å². The Morgan fingerprint density at radius 1 is 0.491 bits per heavy atom. The normalized spacial score (nSPS) is 13.0. The third-order valence-corrected chi connectivity index (χ3v) is 11.2. The molecule has 6 heteroatoms. The fourth-order valence-electron chi connectivity index (χ4n) is 7.31. The maximum Gasteiger partial charge on any atom is 0.305 e. The number of rotatable bonds is 45. The smallest absolute Gasteiger partial charge is 0.305 e. The van der Waals surface area contributed by atoms with E-state index in [9.17, 15) is 19.8 Å². The van der Waals surface area contributed by atoms with Gasteiger partial charge in [-0.05, 0) is 64.2 Å². The summed E-state index contributed by atoms with van der Waals surface area (Å²) in [6, 6.07) is -0.645. The summed E-state index contributed by atoms with van der Waals surface area (Å²) < 4.78 is 5.44. The van der Waals surface area contributed by atoms with Gasteiger partial charge in [0.15, 0.2) is 0 Å². The monoisotopic (exact) mass is 802 g/mol. The van der Waals surface area contributed by atoms with Gasteiger partial charge < -0.3 is 20.3 Å². The summed E-state index contributed by atoms with van der Waals surface area (Å²) >= 11 is 0. The minimum absolute atomic E-state index is 0.0350. The topological polar surface area (TPSA) is 95.9 Å². The van der Waals surface area contributed by atoms with Crippen molar-refractivity contribution in [3.8, 4) is 0 Å². The fraction of sp³-hybridized carbons (Fsp3) is 0.843. The molecule has 57 heavy (non-hydrogen) atoms. The zero-order valence-corrected chi connectivity index (χ0v) is 37.8. The standard InChI is InChI=1S/C51H95NO5/c1-3-5-7-9-11-13-15-17-19-20-22-24-29-33-37-41-45-51(56)57-46-42-38-34-30-26-25-28-32-36-40-44-50(55)52-48(47-53)49(54)43-39-35-31-27-23-21-18-16-14-12-10-8-6-4-2/h13,15,19-20,39,43,48-49,53-54H,3-12,14,16-18,21-38,40-42,44-47H2,1-2H3,(H,52,55)/b15-13-,20-19-,43-39+. The summed E-state index contributed by atoms with van der Waals surface area (Å²) in [5.41, 5.74) is 0. The molecular weight excluding hydrogens is 707 g/mol. The number of hydrogen-bond acceptors (Lipinski definition) is 5. The number of ether oxygens (including phenoxy) is 1. The second kappa shape index (κ2) is 46.8. The molecule has 0 rings (SSSR count). The van der Waals surface area contributed by atoms with Crippen molar-refractivity contribution in [2.45, 2.75) is 264 Å². The Morgan fingerprint density at radius 3 is 1.35 bits per heavy atom. The lowest BCUT2D eigenvalue weighted by Gasteiger charge is -2.20. The molecule has 2 unspecified atom stereocenters. The third-order valence-electron chi connectivity index (χ3n) is 11.2. The number of allylic oxidation sites excluding steroid dienone is 5. The Labute approximate surface area is 353 Å². The third kappa shape index (κ3) is 43.5. The van der Waals surface area contributed by atoms with Gasteiger partial charge >= 0.3 is 5.97 Å². The lowest BCUT2D eigenvalue weighted by atomic mass is 10.0. The average molecular weight is 802 g/mol. The molecule has 334 valence electrons. The quantitative estimate of drug-likeness (QED) is 0.0324. The van der Waals surface area contributed by atoms with Crippen molar-refractivity contribution >= 4 is 11.9 Å². The lowest BCUT2D eigenvalue weighted by molar-refractivity contribution is -0.143. The zero-order chi connectivity index (χ0) is 41.5. The summed E-state index contributed by atoms with van der Waals surface area (Å²) in [4.78, 5) is 24.4. The number of carbonyl (C=O) groups excluding carboxylic acids is 2. The van der Waals surface area contributed by atoms with E-state index in [1.165, 1.54) is 154 Å². The molecule has 2 atom stereocenters. The average Bonchev–Trinajstić information content (AvgIpc) is 3.21. The van der Waals surface area contributed by atoms with Crippen LogP contribution in [-0.4, -0.2) is 47.4 Å². The first-order valence-corrected chi connectivity index (χ1v) is 24.8. The van der Waals surface area contributed by atoms with Crippen LogP contribution in [0.2, 0.25) is 0 Å². The van der Waals surface area contributed by atoms with Gasteiger partial charge in [0.05, 0.1) is 25.4 Å². The van der Waals surface area contributed by atoms with Crippen LogP contribution in [-0.2, 0) is 14.3 Å². The van der Waals surface area contributed by atoms with E-state index < -0.39 is 12.1 Å². The highest BCUT2D eigenvalue weighted by Crippen LogP contribution is 2.15. The van der Waals surface area contributed by atoms with Gasteiger partial charge in [0.25, 0.3) is 0 Å². The maximum atomic E-state index is 12.4. The van der Waals surface area contributed by atoms with Crippen LogP contribution in [0.3, 0.4) is 0 Å². The summed E-state index contributed by atoms with van der Waals surface area (Å²) in [5, 5.41) is 23.0. The first kappa shape index (κ1) is 55.1. The molecule has 0 saturated heterocycles. The number of carbonyl (C=O) groups is 2. The van der Waals surface area contributed by atoms with Gasteiger partial charge in [0.1, 0.15) is 0 Å². The van der Waals surface area contributed by atoms with Gasteiger partial charge in [-0.2, -0.15) is 0 Å². The molecule has 0 aromatic rings. The van der Waals surface area contributed by atoms with E-state index in [1.807, 2.05) is 6.08 Å². The molecule has 6 nitrogen and oxygen atoms in total. The van der Waals surface area contributed by atoms with Crippen LogP contribution >= 0.6 is 0 Å². The van der Waals surface area contributed by atoms with Crippen molar-refractivity contribution in [1.82, 2.24) is 5.32 Å². The Balaban J connectivity index is 3.53. The maximum absolute atomic E-state index is 12.4. The van der Waals surface area contributed by atoms with Gasteiger partial charge in [0.2, 0.25) is 5.91 Å². The highest BCUT2D eigenvalue weighted by Gasteiger charge is 2.18. The number of unbranched alkanes of at least 4 members (excludes halogenated alkanes) is 30. The Morgan fingerprint density at radius 2 is 0.877 bits per heavy atom. The van der Waals surface area contributed by atoms with E-state index in [-0.39, 0.29) is 18.5 Å². The highest BCUT2D eigenvalue weighted by molar-refractivity contribution is 5.76. The van der Waals surface area contributed by atoms with E-state index in [4.69, 9.17) is 4.74 Å². The molecule has 0 spiro atoms. The predicted molar refractivity (Wildman–Crippen MR) is 246 cm³/mol. The van der Waals surface area contributed by atoms with E-state index in [0.29, 0.717) is 19.4 Å². The molecule has 0 aromatic carbocycles. The highest BCUT2D eigenvalue weighted by atomic mass is 16.5. The fourth-order valence-corrected chi connectivity index (χ4v) is 7.31. The molecule has 0 heterocycles. The number of esters is 1. The number of hydrogen-bond donors (Lipinski definition) is 3. The summed E-state index contributed by atoms with van der Waals surface area (Å²) in [7, 11) is 0. The van der Waals surface area contributed by atoms with Crippen molar-refractivity contribution in [1.29, 1.82) is 0 Å². The van der Waals surface area contributed by atoms with Gasteiger partial charge in [-0.25, -0.2) is 0 Å². The van der Waals surface area contributed by atoms with E-state index in [1.54, 1.807) is 6.08 Å². The molecule has 3 N–H and O–H groups in total. The van der Waals surface area contributed by atoms with Crippen molar-refractivity contribution in [2.75, 3.05) is 13.2 Å². The van der Waals surface area contributed by atoms with Crippen LogP contribution in [0.15, 0.2) is 36.5 Å². The van der Waals surface area contributed by atoms with Gasteiger partial charge in [0, 0.05) is 12.8 Å². The number of aliphatic hydroxyl groups is 2. The molecule has 0 saturated carbocycles. The lowest BCUT2D eigenvalue weighted by Crippen LogP contribution is -2.45. The molecule has 0 fully saturated rings. The SMILES string of the molecule is CCCCCC/C=C\C/C=C\CCCCCCCC(=O)OCCCCCCCCCCCCC(=O)NC(CO)C(O)/C=C/CCCCCCCCCCCCCC. The van der Waals surface area contributed by atoms with Crippen LogP contribution in [0.4, 0.5) is 0 Å². The minimum Gasteiger partial charge on any atom is -0.466 e. The Kier molecular flexibility index (Phi) is 45.2. The van der Waals surface area contributed by atoms with Crippen LogP contribution in [0, 0.1) is 0 Å². The molecule has 0 aliphatic heterocycles. The predicted octanol–water partition coefficient (Wildman–Crippen LogP) is 14.5. The number of aliphatic hydroxyl groups excluding tert-OH is 2. The molecular formula is C51H95NO5. The second-order valence-electron chi connectivity index (χ2n) is 16.8. The molecule has 0 aromatic heterocycles. The van der Waals surface area contributed by atoms with Crippen LogP contribution in [0.25, 0.3) is 0 Å². The first-order valence-electron chi connectivity index (χ1n) is 24.8. The Hall–Kier alpha value is -1.92. The molecule has 0 radical (unpaired) electrons. The summed E-state index contributed by atoms with van der Waals surface area (Å²) in [5.74, 6) is -0.128. The van der Waals surface area contributed by atoms with Crippen LogP contribution in [0.1, 0.15) is 251 Å². The minimum atomic E-state index is -0.859.